The summed E-state index contributed by atoms with van der Waals surface area (Å²) in [6.45, 7) is 8.76. The number of allylic oxidation sites excluding steroid dienone is 3. The first-order valence-electron chi connectivity index (χ1n) is 23.7. The number of carbonyl (C=O) groups excluding carboxylic acids is 2. The lowest BCUT2D eigenvalue weighted by atomic mass is 9.39. The molecule has 61 heavy (non-hydrogen) atoms. The number of aliphatic hydroxyl groups is 5. The Morgan fingerprint density at radius 3 is 2.48 bits per heavy atom. The fourth-order valence-electron chi connectivity index (χ4n) is 16.4. The summed E-state index contributed by atoms with van der Waals surface area (Å²) in [5.74, 6) is 13.7. The van der Waals surface area contributed by atoms with Gasteiger partial charge in [-0.05, 0) is 148 Å². The molecule has 0 amide bonds. The van der Waals surface area contributed by atoms with Crippen LogP contribution in [0.5, 0.6) is 0 Å². The first-order valence-corrected chi connectivity index (χ1v) is 23.7. The van der Waals surface area contributed by atoms with Crippen LogP contribution in [0.3, 0.4) is 0 Å². The predicted octanol–water partition coefficient (Wildman–Crippen LogP) is 6.40. The fraction of sp³-hybridized carbons (Fsp3) is 0.731. The molecule has 9 heteroatoms. The van der Waals surface area contributed by atoms with Crippen molar-refractivity contribution in [1.29, 1.82) is 0 Å². The van der Waals surface area contributed by atoms with Crippen molar-refractivity contribution in [1.82, 2.24) is 4.98 Å². The van der Waals surface area contributed by atoms with Crippen molar-refractivity contribution in [2.24, 2.45) is 75.4 Å². The smallest absolute Gasteiger partial charge is 0.313 e. The number of rotatable bonds is 2. The molecule has 328 valence electrons. The summed E-state index contributed by atoms with van der Waals surface area (Å²) in [4.78, 5) is 31.4. The van der Waals surface area contributed by atoms with Crippen LogP contribution in [0.1, 0.15) is 129 Å². The Morgan fingerprint density at radius 2 is 1.69 bits per heavy atom. The third-order valence-corrected chi connectivity index (χ3v) is 19.5. The summed E-state index contributed by atoms with van der Waals surface area (Å²) in [5, 5.41) is 61.7. The molecule has 1 aromatic rings. The van der Waals surface area contributed by atoms with Gasteiger partial charge in [-0.3, -0.25) is 9.59 Å². The second-order valence-electron chi connectivity index (χ2n) is 22.3. The van der Waals surface area contributed by atoms with E-state index in [9.17, 15) is 35.1 Å². The van der Waals surface area contributed by atoms with Crippen molar-refractivity contribution in [3.05, 3.63) is 47.3 Å². The summed E-state index contributed by atoms with van der Waals surface area (Å²) < 4.78 is 5.88. The van der Waals surface area contributed by atoms with E-state index in [1.54, 1.807) is 18.6 Å². The lowest BCUT2D eigenvalue weighted by Crippen LogP contribution is -2.67. The van der Waals surface area contributed by atoms with E-state index in [2.05, 4.69) is 55.5 Å². The van der Waals surface area contributed by atoms with Gasteiger partial charge in [0.15, 0.2) is 5.78 Å². The Labute approximate surface area is 361 Å². The molecule has 10 aliphatic rings. The van der Waals surface area contributed by atoms with Gasteiger partial charge in [0.25, 0.3) is 0 Å². The summed E-state index contributed by atoms with van der Waals surface area (Å²) in [7, 11) is 0. The van der Waals surface area contributed by atoms with Gasteiger partial charge in [0, 0.05) is 54.8 Å². The van der Waals surface area contributed by atoms with E-state index in [1.165, 1.54) is 6.42 Å². The van der Waals surface area contributed by atoms with Gasteiger partial charge in [-0.2, -0.15) is 0 Å². The van der Waals surface area contributed by atoms with Crippen LogP contribution < -0.4 is 0 Å². The van der Waals surface area contributed by atoms with Crippen molar-refractivity contribution in [3.8, 4) is 23.7 Å². The van der Waals surface area contributed by atoms with E-state index in [0.29, 0.717) is 62.0 Å². The quantitative estimate of drug-likeness (QED) is 0.114. The van der Waals surface area contributed by atoms with Crippen molar-refractivity contribution in [3.63, 3.8) is 0 Å². The molecule has 1 saturated heterocycles. The molecule has 19 atom stereocenters. The minimum Gasteiger partial charge on any atom is -0.465 e. The average molecular weight is 834 g/mol. The van der Waals surface area contributed by atoms with Crippen LogP contribution in [-0.4, -0.2) is 78.4 Å². The number of carbonyl (C=O) groups is 2. The van der Waals surface area contributed by atoms with Crippen LogP contribution in [0.2, 0.25) is 0 Å². The number of aliphatic hydroxyl groups excluding tert-OH is 3. The predicted molar refractivity (Wildman–Crippen MR) is 229 cm³/mol. The molecule has 2 spiro atoms. The van der Waals surface area contributed by atoms with E-state index >= 15 is 0 Å². The van der Waals surface area contributed by atoms with Gasteiger partial charge < -0.3 is 35.3 Å². The molecule has 5 fully saturated rings. The molecular formula is C52H67NO8. The molecule has 4 bridgehead atoms. The zero-order valence-corrected chi connectivity index (χ0v) is 36.5. The van der Waals surface area contributed by atoms with Crippen molar-refractivity contribution >= 4 is 11.8 Å². The summed E-state index contributed by atoms with van der Waals surface area (Å²) in [6, 6.07) is 1.97. The Morgan fingerprint density at radius 1 is 0.902 bits per heavy atom. The molecule has 2 heterocycles. The number of cyclic esters (lactones) is 1. The van der Waals surface area contributed by atoms with Crippen LogP contribution in [-0.2, 0) is 14.3 Å². The van der Waals surface area contributed by atoms with Gasteiger partial charge in [-0.25, -0.2) is 0 Å². The highest BCUT2D eigenvalue weighted by atomic mass is 16.5. The number of aromatic amines is 1. The Kier molecular flexibility index (Phi) is 10.1. The Bertz CT molecular complexity index is 2130. The number of fused-ring (bicyclic) bond motifs is 8. The third kappa shape index (κ3) is 5.99. The topological polar surface area (TPSA) is 160 Å². The van der Waals surface area contributed by atoms with Crippen molar-refractivity contribution in [2.75, 3.05) is 6.61 Å². The van der Waals surface area contributed by atoms with Crippen LogP contribution in [0.15, 0.2) is 41.8 Å². The van der Waals surface area contributed by atoms with E-state index in [-0.39, 0.29) is 72.9 Å². The summed E-state index contributed by atoms with van der Waals surface area (Å²) >= 11 is 0. The molecule has 1 aliphatic heterocycles. The molecule has 11 rings (SSSR count). The summed E-state index contributed by atoms with van der Waals surface area (Å²) in [6.07, 6.45) is 13.1. The highest BCUT2D eigenvalue weighted by molar-refractivity contribution is 5.98. The molecule has 9 nitrogen and oxygen atoms in total. The fourth-order valence-corrected chi connectivity index (χ4v) is 16.4. The van der Waals surface area contributed by atoms with Crippen LogP contribution in [0.25, 0.3) is 0 Å². The van der Waals surface area contributed by atoms with Crippen molar-refractivity contribution in [2.45, 2.75) is 153 Å². The van der Waals surface area contributed by atoms with Gasteiger partial charge in [0.2, 0.25) is 0 Å². The third-order valence-electron chi connectivity index (χ3n) is 19.5. The van der Waals surface area contributed by atoms with E-state index in [1.807, 2.05) is 18.5 Å². The molecule has 1 aromatic heterocycles. The van der Waals surface area contributed by atoms with Crippen LogP contribution in [0, 0.1) is 99.1 Å². The lowest BCUT2D eigenvalue weighted by molar-refractivity contribution is -0.196. The van der Waals surface area contributed by atoms with Gasteiger partial charge >= 0.3 is 5.97 Å². The lowest BCUT2D eigenvalue weighted by Gasteiger charge is -2.65. The number of nitrogens with one attached hydrogen (secondary N) is 1. The van der Waals surface area contributed by atoms with Gasteiger partial charge in [0.05, 0.1) is 47.5 Å². The summed E-state index contributed by atoms with van der Waals surface area (Å²) in [5.41, 5.74) is -2.68. The monoisotopic (exact) mass is 833 g/mol. The Hall–Kier alpha value is -3.18. The average Bonchev–Trinajstić information content (AvgIpc) is 3.94. The van der Waals surface area contributed by atoms with E-state index in [0.717, 1.165) is 31.2 Å². The maximum Gasteiger partial charge on any atom is 0.313 e. The molecule has 19 unspecified atom stereocenters. The minimum atomic E-state index is -1.62. The molecular weight excluding hydrogens is 767 g/mol. The molecule has 0 aromatic carbocycles. The highest BCUT2D eigenvalue weighted by Gasteiger charge is 2.75. The maximum atomic E-state index is 14.7. The standard InChI is InChI=1S/C52H67NO8/c1-29-10-11-31-12-13-35-30(2)21-43(56)49(4,59)46-33(9-7-8-32(22-37(35)36(31)20-29)38-28-61-47(58)45(38)34-15-19-53-27-34)24-52(60)40-23-44(57)51-17-6-5-16-50(46,52)18-14-39(40)48(51,3)25-41(54)42(55)26-51/h12,15,19,23,27,29-30,32-33,35-39,41-43,45-46,53-56,59-60H,9-11,13-14,16-18,20-22,24-26,28H2,1-4H3. The number of ketones is 1. The van der Waals surface area contributed by atoms with E-state index in [4.69, 9.17) is 4.74 Å². The van der Waals surface area contributed by atoms with Crippen LogP contribution in [0.4, 0.5) is 0 Å². The Balaban J connectivity index is 1.10. The first kappa shape index (κ1) is 41.8. The first-order chi connectivity index (χ1) is 29.0. The number of esters is 1. The SMILES string of the molecule is CC1CCC2=CCC3C(C)CC(O)C(C)(O)C4C(CC#CC(C5COC(=O)C5c5cc[nH]c5)CC3C2C1)CC1(O)C2=CC(=O)C35CC#CCC41CCC2C3(C)CC(O)C(O)C5. The number of H-pyrrole nitrogens is 1. The minimum absolute atomic E-state index is 0.0634. The molecule has 4 saturated carbocycles. The second-order valence-corrected chi connectivity index (χ2v) is 22.3. The van der Waals surface area contributed by atoms with E-state index < -0.39 is 57.6 Å². The largest absolute Gasteiger partial charge is 0.465 e. The van der Waals surface area contributed by atoms with Gasteiger partial charge in [-0.1, -0.05) is 38.3 Å². The number of aromatic nitrogens is 1. The number of ether oxygens (including phenoxy) is 1. The van der Waals surface area contributed by atoms with Gasteiger partial charge in [0.1, 0.15) is 0 Å². The second kappa shape index (κ2) is 14.7. The highest BCUT2D eigenvalue weighted by Crippen LogP contribution is 2.74. The number of hydrogen-bond acceptors (Lipinski definition) is 8. The number of hydrogen-bond donors (Lipinski definition) is 6. The molecule has 0 radical (unpaired) electrons. The zero-order valence-electron chi connectivity index (χ0n) is 36.5. The molecule has 9 aliphatic carbocycles. The van der Waals surface area contributed by atoms with Gasteiger partial charge in [-0.15, -0.1) is 17.8 Å². The maximum absolute atomic E-state index is 14.7. The normalized spacial score (nSPS) is 51.4. The van der Waals surface area contributed by atoms with Crippen molar-refractivity contribution < 1.29 is 39.9 Å². The van der Waals surface area contributed by atoms with Crippen LogP contribution >= 0.6 is 0 Å². The zero-order chi connectivity index (χ0) is 42.9. The molecule has 6 N–H and O–H groups in total.